The van der Waals surface area contributed by atoms with E-state index in [0.717, 1.165) is 31.9 Å². The fourth-order valence-corrected chi connectivity index (χ4v) is 3.74. The summed E-state index contributed by atoms with van der Waals surface area (Å²) >= 11 is 0. The molecule has 1 aliphatic rings. The molecule has 2 N–H and O–H groups in total. The Bertz CT molecular complexity index is 682. The Balaban J connectivity index is 2.13. The van der Waals surface area contributed by atoms with Crippen molar-refractivity contribution in [2.45, 2.75) is 56.5 Å². The number of ether oxygens (including phenoxy) is 1. The second kappa shape index (κ2) is 7.88. The van der Waals surface area contributed by atoms with Crippen molar-refractivity contribution in [1.29, 1.82) is 0 Å². The Morgan fingerprint density at radius 3 is 2.58 bits per heavy atom. The molecule has 1 fully saturated rings. The summed E-state index contributed by atoms with van der Waals surface area (Å²) in [5, 5.41) is 6.03. The fourth-order valence-electron chi connectivity index (χ4n) is 2.88. The summed E-state index contributed by atoms with van der Waals surface area (Å²) in [6.07, 6.45) is 5.45. The third-order valence-electron chi connectivity index (χ3n) is 4.13. The van der Waals surface area contributed by atoms with Gasteiger partial charge in [0.2, 0.25) is 5.91 Å². The first-order chi connectivity index (χ1) is 11.3. The molecule has 1 aliphatic carbocycles. The molecular weight excluding hydrogens is 328 g/mol. The summed E-state index contributed by atoms with van der Waals surface area (Å²) < 4.78 is 29.5. The number of anilines is 1. The normalized spacial score (nSPS) is 16.6. The molecule has 1 aromatic carbocycles. The molecule has 1 amide bonds. The second-order valence-electron chi connectivity index (χ2n) is 6.22. The molecule has 1 atom stereocenters. The van der Waals surface area contributed by atoms with Gasteiger partial charge in [-0.3, -0.25) is 4.79 Å². The van der Waals surface area contributed by atoms with Gasteiger partial charge in [-0.2, -0.15) is 0 Å². The first-order valence-electron chi connectivity index (χ1n) is 8.35. The lowest BCUT2D eigenvalue weighted by Crippen LogP contribution is -2.42. The molecule has 1 saturated carbocycles. The van der Waals surface area contributed by atoms with E-state index in [4.69, 9.17) is 4.74 Å². The summed E-state index contributed by atoms with van der Waals surface area (Å²) in [6, 6.07) is 4.53. The van der Waals surface area contributed by atoms with E-state index < -0.39 is 15.9 Å². The quantitative estimate of drug-likeness (QED) is 0.785. The molecule has 134 valence electrons. The van der Waals surface area contributed by atoms with Crippen molar-refractivity contribution < 1.29 is 17.9 Å². The highest BCUT2D eigenvalue weighted by Crippen LogP contribution is 2.27. The number of hydrogen-bond acceptors (Lipinski definition) is 5. The van der Waals surface area contributed by atoms with Gasteiger partial charge >= 0.3 is 0 Å². The third kappa shape index (κ3) is 4.87. The van der Waals surface area contributed by atoms with E-state index >= 15 is 0 Å². The van der Waals surface area contributed by atoms with E-state index in [-0.39, 0.29) is 16.8 Å². The Kier molecular flexibility index (Phi) is 6.10. The fraction of sp³-hybridized carbons (Fsp3) is 0.588. The molecule has 0 aromatic heterocycles. The molecule has 2 rings (SSSR count). The largest absolute Gasteiger partial charge is 0.494 e. The zero-order valence-electron chi connectivity index (χ0n) is 14.5. The second-order valence-corrected chi connectivity index (χ2v) is 8.20. The van der Waals surface area contributed by atoms with Crippen LogP contribution in [0.2, 0.25) is 0 Å². The van der Waals surface area contributed by atoms with Crippen molar-refractivity contribution in [2.75, 3.05) is 18.2 Å². The van der Waals surface area contributed by atoms with E-state index in [2.05, 4.69) is 10.6 Å². The van der Waals surface area contributed by atoms with Crippen molar-refractivity contribution in [2.24, 2.45) is 0 Å². The van der Waals surface area contributed by atoms with Crippen molar-refractivity contribution in [3.05, 3.63) is 18.2 Å². The Morgan fingerprint density at radius 1 is 1.33 bits per heavy atom. The number of carbonyl (C=O) groups is 1. The maximum Gasteiger partial charge on any atom is 0.242 e. The van der Waals surface area contributed by atoms with Gasteiger partial charge in [-0.1, -0.05) is 12.8 Å². The monoisotopic (exact) mass is 354 g/mol. The molecule has 24 heavy (non-hydrogen) atoms. The maximum atomic E-state index is 12.3. The number of hydrogen-bond donors (Lipinski definition) is 2. The van der Waals surface area contributed by atoms with Crippen LogP contribution in [0.4, 0.5) is 5.69 Å². The van der Waals surface area contributed by atoms with Gasteiger partial charge in [0.05, 0.1) is 17.2 Å². The molecule has 0 aliphatic heterocycles. The van der Waals surface area contributed by atoms with Crippen LogP contribution in [-0.4, -0.2) is 39.3 Å². The molecule has 0 heterocycles. The smallest absolute Gasteiger partial charge is 0.242 e. The van der Waals surface area contributed by atoms with Crippen LogP contribution in [-0.2, 0) is 14.6 Å². The molecule has 0 saturated heterocycles. The minimum Gasteiger partial charge on any atom is -0.494 e. The first kappa shape index (κ1) is 18.6. The first-order valence-corrected chi connectivity index (χ1v) is 10.2. The van der Waals surface area contributed by atoms with E-state index in [1.807, 2.05) is 6.92 Å². The maximum absolute atomic E-state index is 12.3. The molecule has 0 bridgehead atoms. The van der Waals surface area contributed by atoms with E-state index in [1.54, 1.807) is 19.1 Å². The van der Waals surface area contributed by atoms with Crippen LogP contribution in [0.15, 0.2) is 23.1 Å². The van der Waals surface area contributed by atoms with Gasteiger partial charge in [0.15, 0.2) is 9.84 Å². The van der Waals surface area contributed by atoms with Crippen LogP contribution in [0.3, 0.4) is 0 Å². The van der Waals surface area contributed by atoms with E-state index in [0.29, 0.717) is 18.0 Å². The third-order valence-corrected chi connectivity index (χ3v) is 5.27. The summed E-state index contributed by atoms with van der Waals surface area (Å²) in [7, 11) is -3.44. The van der Waals surface area contributed by atoms with Gasteiger partial charge < -0.3 is 15.4 Å². The highest BCUT2D eigenvalue weighted by atomic mass is 32.2. The van der Waals surface area contributed by atoms with Gasteiger partial charge in [0, 0.05) is 18.4 Å². The standard InChI is InChI=1S/C17H26N2O4S/c1-4-23-14-9-10-15(16(11-14)24(3,21)22)18-12(2)17(20)19-13-7-5-6-8-13/h9-13,18H,4-8H2,1-3H3,(H,19,20). The van der Waals surface area contributed by atoms with Crippen LogP contribution in [0, 0.1) is 0 Å². The highest BCUT2D eigenvalue weighted by molar-refractivity contribution is 7.90. The van der Waals surface area contributed by atoms with Crippen LogP contribution in [0.5, 0.6) is 5.75 Å². The summed E-state index contributed by atoms with van der Waals surface area (Å²) in [4.78, 5) is 12.4. The SMILES string of the molecule is CCOc1ccc(NC(C)C(=O)NC2CCCC2)c(S(C)(=O)=O)c1. The number of nitrogens with one attached hydrogen (secondary N) is 2. The van der Waals surface area contributed by atoms with Crippen molar-refractivity contribution >= 4 is 21.4 Å². The van der Waals surface area contributed by atoms with Gasteiger partial charge in [0.25, 0.3) is 0 Å². The molecule has 1 unspecified atom stereocenters. The van der Waals surface area contributed by atoms with Crippen LogP contribution < -0.4 is 15.4 Å². The predicted molar refractivity (Wildman–Crippen MR) is 94.2 cm³/mol. The summed E-state index contributed by atoms with van der Waals surface area (Å²) in [6.45, 7) is 4.02. The Hall–Kier alpha value is -1.76. The van der Waals surface area contributed by atoms with Crippen molar-refractivity contribution in [1.82, 2.24) is 5.32 Å². The summed E-state index contributed by atoms with van der Waals surface area (Å²) in [5.74, 6) is 0.377. The minimum atomic E-state index is -3.44. The summed E-state index contributed by atoms with van der Waals surface area (Å²) in [5.41, 5.74) is 0.412. The average molecular weight is 354 g/mol. The number of benzene rings is 1. The van der Waals surface area contributed by atoms with Gasteiger partial charge in [-0.25, -0.2) is 8.42 Å². The molecule has 0 radical (unpaired) electrons. The number of rotatable bonds is 7. The van der Waals surface area contributed by atoms with E-state index in [9.17, 15) is 13.2 Å². The topological polar surface area (TPSA) is 84.5 Å². The zero-order valence-corrected chi connectivity index (χ0v) is 15.3. The highest BCUT2D eigenvalue weighted by Gasteiger charge is 2.22. The molecular formula is C17H26N2O4S. The molecule has 1 aromatic rings. The molecule has 0 spiro atoms. The number of sulfone groups is 1. The lowest BCUT2D eigenvalue weighted by molar-refractivity contribution is -0.122. The van der Waals surface area contributed by atoms with Crippen molar-refractivity contribution in [3.63, 3.8) is 0 Å². The Labute approximate surface area is 143 Å². The van der Waals surface area contributed by atoms with Gasteiger partial charge in [-0.15, -0.1) is 0 Å². The Morgan fingerprint density at radius 2 is 2.00 bits per heavy atom. The van der Waals surface area contributed by atoms with Crippen LogP contribution in [0.1, 0.15) is 39.5 Å². The molecule has 7 heteroatoms. The van der Waals surface area contributed by atoms with Crippen LogP contribution >= 0.6 is 0 Å². The van der Waals surface area contributed by atoms with E-state index in [1.165, 1.54) is 6.07 Å². The molecule has 6 nitrogen and oxygen atoms in total. The van der Waals surface area contributed by atoms with Gasteiger partial charge in [-0.05, 0) is 38.8 Å². The lowest BCUT2D eigenvalue weighted by atomic mass is 10.2. The predicted octanol–water partition coefficient (Wildman–Crippen LogP) is 2.35. The minimum absolute atomic E-state index is 0.116. The number of amides is 1. The van der Waals surface area contributed by atoms with Gasteiger partial charge in [0.1, 0.15) is 11.8 Å². The lowest BCUT2D eigenvalue weighted by Gasteiger charge is -2.20. The number of carbonyl (C=O) groups excluding carboxylic acids is 1. The zero-order chi connectivity index (χ0) is 17.7. The van der Waals surface area contributed by atoms with Crippen molar-refractivity contribution in [3.8, 4) is 5.75 Å². The van der Waals surface area contributed by atoms with Crippen LogP contribution in [0.25, 0.3) is 0 Å². The average Bonchev–Trinajstić information content (AvgIpc) is 3.00.